The van der Waals surface area contributed by atoms with Crippen LogP contribution < -0.4 is 9.47 Å². The Morgan fingerprint density at radius 1 is 1.28 bits per heavy atom. The molecule has 2 heterocycles. The van der Waals surface area contributed by atoms with E-state index in [0.29, 0.717) is 30.3 Å². The highest BCUT2D eigenvalue weighted by molar-refractivity contribution is 5.76. The van der Waals surface area contributed by atoms with Crippen molar-refractivity contribution in [2.75, 3.05) is 20.2 Å². The monoisotopic (exact) mass is 341 g/mol. The molecule has 0 saturated carbocycles. The van der Waals surface area contributed by atoms with Crippen molar-refractivity contribution in [2.45, 2.75) is 32.1 Å². The highest BCUT2D eigenvalue weighted by atomic mass is 16.5. The smallest absolute Gasteiger partial charge is 0.238 e. The van der Waals surface area contributed by atoms with Crippen LogP contribution in [-0.4, -0.2) is 41.0 Å². The Morgan fingerprint density at radius 3 is 2.84 bits per heavy atom. The lowest BCUT2D eigenvalue weighted by Crippen LogP contribution is -2.38. The van der Waals surface area contributed by atoms with Crippen molar-refractivity contribution in [1.29, 1.82) is 0 Å². The number of carbonyl (C=O) groups is 1. The molecule has 0 bridgehead atoms. The first-order chi connectivity index (χ1) is 12.2. The van der Waals surface area contributed by atoms with Crippen LogP contribution in [-0.2, 0) is 4.79 Å². The first-order valence-corrected chi connectivity index (χ1v) is 8.61. The summed E-state index contributed by atoms with van der Waals surface area (Å²) in [4.78, 5) is 22.8. The highest BCUT2D eigenvalue weighted by Crippen LogP contribution is 2.31. The Bertz CT molecular complexity index is 735. The van der Waals surface area contributed by atoms with E-state index in [0.717, 1.165) is 25.1 Å². The molecule has 1 fully saturated rings. The molecular formula is C19H23N3O3. The number of para-hydroxylation sites is 2. The molecule has 1 aliphatic heterocycles. The lowest BCUT2D eigenvalue weighted by molar-refractivity contribution is -0.132. The van der Waals surface area contributed by atoms with Crippen molar-refractivity contribution in [1.82, 2.24) is 14.9 Å². The van der Waals surface area contributed by atoms with E-state index in [4.69, 9.17) is 9.47 Å². The van der Waals surface area contributed by atoms with Crippen LogP contribution in [0, 0.1) is 0 Å². The molecule has 2 aromatic rings. The molecule has 0 N–H and O–H groups in total. The Labute approximate surface area is 147 Å². The lowest BCUT2D eigenvalue weighted by Gasteiger charge is -2.32. The van der Waals surface area contributed by atoms with Crippen LogP contribution in [0.15, 0.2) is 36.7 Å². The summed E-state index contributed by atoms with van der Waals surface area (Å²) in [5.74, 6) is 2.06. The summed E-state index contributed by atoms with van der Waals surface area (Å²) in [6, 6.07) is 7.43. The molecule has 1 aliphatic rings. The number of hydrogen-bond donors (Lipinski definition) is 0. The molecule has 1 aromatic heterocycles. The third-order valence-electron chi connectivity index (χ3n) is 4.41. The second-order valence-electron chi connectivity index (χ2n) is 6.07. The molecule has 6 heteroatoms. The number of nitrogens with zero attached hydrogens (tertiary/aromatic N) is 3. The van der Waals surface area contributed by atoms with E-state index in [1.54, 1.807) is 19.5 Å². The van der Waals surface area contributed by atoms with Crippen molar-refractivity contribution >= 4 is 5.91 Å². The van der Waals surface area contributed by atoms with Crippen molar-refractivity contribution in [3.63, 3.8) is 0 Å². The van der Waals surface area contributed by atoms with Crippen molar-refractivity contribution in [2.24, 2.45) is 0 Å². The fraction of sp³-hybridized carbons (Fsp3) is 0.421. The molecular weight excluding hydrogens is 318 g/mol. The van der Waals surface area contributed by atoms with Crippen LogP contribution in [0.1, 0.15) is 37.8 Å². The normalized spacial score (nSPS) is 17.2. The van der Waals surface area contributed by atoms with Gasteiger partial charge in [-0.15, -0.1) is 0 Å². The largest absolute Gasteiger partial charge is 0.493 e. The number of methoxy groups -OCH3 is 1. The summed E-state index contributed by atoms with van der Waals surface area (Å²) in [6.07, 6.45) is 5.87. The molecule has 0 radical (unpaired) electrons. The summed E-state index contributed by atoms with van der Waals surface area (Å²) in [6.45, 7) is 3.42. The molecule has 6 nitrogen and oxygen atoms in total. The third-order valence-corrected chi connectivity index (χ3v) is 4.41. The molecule has 1 amide bonds. The van der Waals surface area contributed by atoms with Crippen LogP contribution in [0.5, 0.6) is 17.4 Å². The van der Waals surface area contributed by atoms with Gasteiger partial charge in [-0.25, -0.2) is 4.98 Å². The van der Waals surface area contributed by atoms with Gasteiger partial charge in [0.25, 0.3) is 0 Å². The number of amides is 1. The molecule has 25 heavy (non-hydrogen) atoms. The van der Waals surface area contributed by atoms with Gasteiger partial charge in [-0.2, -0.15) is 0 Å². The maximum atomic E-state index is 12.0. The first-order valence-electron chi connectivity index (χ1n) is 8.61. The molecule has 0 spiro atoms. The first kappa shape index (κ1) is 17.2. The van der Waals surface area contributed by atoms with Gasteiger partial charge < -0.3 is 14.4 Å². The van der Waals surface area contributed by atoms with Gasteiger partial charge in [0.1, 0.15) is 0 Å². The van der Waals surface area contributed by atoms with Gasteiger partial charge in [0.2, 0.25) is 11.8 Å². The number of piperidine rings is 1. The summed E-state index contributed by atoms with van der Waals surface area (Å²) in [7, 11) is 1.60. The van der Waals surface area contributed by atoms with Gasteiger partial charge in [-0.3, -0.25) is 9.78 Å². The SMILES string of the molecule is CCC(=O)N1CCC[C@H](c2cncc(Oc3ccccc3OC)n2)C1. The third kappa shape index (κ3) is 4.07. The number of likely N-dealkylation sites (tertiary alicyclic amines) is 1. The van der Waals surface area contributed by atoms with Crippen LogP contribution in [0.25, 0.3) is 0 Å². The zero-order chi connectivity index (χ0) is 17.6. The fourth-order valence-electron chi connectivity index (χ4n) is 3.09. The zero-order valence-corrected chi connectivity index (χ0v) is 14.6. The number of hydrogen-bond acceptors (Lipinski definition) is 5. The highest BCUT2D eigenvalue weighted by Gasteiger charge is 2.25. The maximum Gasteiger partial charge on any atom is 0.238 e. The Hall–Kier alpha value is -2.63. The zero-order valence-electron chi connectivity index (χ0n) is 14.6. The summed E-state index contributed by atoms with van der Waals surface area (Å²) >= 11 is 0. The maximum absolute atomic E-state index is 12.0. The quantitative estimate of drug-likeness (QED) is 0.834. The average Bonchev–Trinajstić information content (AvgIpc) is 2.68. The van der Waals surface area contributed by atoms with Gasteiger partial charge in [-0.05, 0) is 25.0 Å². The van der Waals surface area contributed by atoms with Crippen LogP contribution >= 0.6 is 0 Å². The molecule has 0 aliphatic carbocycles. The number of rotatable bonds is 5. The van der Waals surface area contributed by atoms with Crippen LogP contribution in [0.4, 0.5) is 0 Å². The van der Waals surface area contributed by atoms with Crippen molar-refractivity contribution in [3.8, 4) is 17.4 Å². The second kappa shape index (κ2) is 7.96. The molecule has 1 atom stereocenters. The van der Waals surface area contributed by atoms with E-state index in [2.05, 4.69) is 9.97 Å². The van der Waals surface area contributed by atoms with Crippen LogP contribution in [0.3, 0.4) is 0 Å². The van der Waals surface area contributed by atoms with Gasteiger partial charge in [0.15, 0.2) is 11.5 Å². The molecule has 1 aromatic carbocycles. The van der Waals surface area contributed by atoms with Gasteiger partial charge >= 0.3 is 0 Å². The molecule has 1 saturated heterocycles. The van der Waals surface area contributed by atoms with E-state index in [-0.39, 0.29) is 11.8 Å². The fourth-order valence-corrected chi connectivity index (χ4v) is 3.09. The van der Waals surface area contributed by atoms with E-state index >= 15 is 0 Å². The summed E-state index contributed by atoms with van der Waals surface area (Å²) < 4.78 is 11.1. The summed E-state index contributed by atoms with van der Waals surface area (Å²) in [5, 5.41) is 0. The Balaban J connectivity index is 1.76. The van der Waals surface area contributed by atoms with Crippen molar-refractivity contribution in [3.05, 3.63) is 42.4 Å². The number of ether oxygens (including phenoxy) is 2. The predicted molar refractivity (Wildman–Crippen MR) is 93.9 cm³/mol. The standard InChI is InChI=1S/C19H23N3O3/c1-3-19(23)22-10-6-7-14(13-22)15-11-20-12-18(21-15)25-17-9-5-4-8-16(17)24-2/h4-5,8-9,11-12,14H,3,6-7,10,13H2,1-2H3/t14-/m0/s1. The van der Waals surface area contributed by atoms with Crippen molar-refractivity contribution < 1.29 is 14.3 Å². The minimum Gasteiger partial charge on any atom is -0.493 e. The minimum atomic E-state index is 0.193. The van der Waals surface area contributed by atoms with Crippen LogP contribution in [0.2, 0.25) is 0 Å². The molecule has 0 unspecified atom stereocenters. The number of carbonyl (C=O) groups excluding carboxylic acids is 1. The minimum absolute atomic E-state index is 0.193. The Kier molecular flexibility index (Phi) is 5.48. The predicted octanol–water partition coefficient (Wildman–Crippen LogP) is 3.39. The van der Waals surface area contributed by atoms with E-state index in [1.807, 2.05) is 36.1 Å². The lowest BCUT2D eigenvalue weighted by atomic mass is 9.95. The summed E-state index contributed by atoms with van der Waals surface area (Å²) in [5.41, 5.74) is 0.862. The van der Waals surface area contributed by atoms with Gasteiger partial charge in [0, 0.05) is 31.6 Å². The molecule has 132 valence electrons. The van der Waals surface area contributed by atoms with E-state index in [9.17, 15) is 4.79 Å². The topological polar surface area (TPSA) is 64.6 Å². The average molecular weight is 341 g/mol. The Morgan fingerprint density at radius 2 is 2.08 bits per heavy atom. The molecule has 3 rings (SSSR count). The van der Waals surface area contributed by atoms with Gasteiger partial charge in [-0.1, -0.05) is 19.1 Å². The van der Waals surface area contributed by atoms with E-state index in [1.165, 1.54) is 0 Å². The van der Waals surface area contributed by atoms with E-state index < -0.39 is 0 Å². The van der Waals surface area contributed by atoms with Gasteiger partial charge in [0.05, 0.1) is 19.0 Å². The number of benzene rings is 1. The number of aromatic nitrogens is 2. The second-order valence-corrected chi connectivity index (χ2v) is 6.07.